The number of hydrogen-bond acceptors (Lipinski definition) is 2. The van der Waals surface area contributed by atoms with Gasteiger partial charge in [-0.25, -0.2) is 0 Å². The Morgan fingerprint density at radius 1 is 1.30 bits per heavy atom. The van der Waals surface area contributed by atoms with Crippen LogP contribution in [0.25, 0.3) is 0 Å². The third kappa shape index (κ3) is 3.67. The van der Waals surface area contributed by atoms with Crippen molar-refractivity contribution in [3.63, 3.8) is 0 Å². The molecule has 1 fully saturated rings. The lowest BCUT2D eigenvalue weighted by atomic mass is 10.1. The molecule has 1 amide bonds. The lowest BCUT2D eigenvalue weighted by Crippen LogP contribution is -2.34. The predicted octanol–water partition coefficient (Wildman–Crippen LogP) is 4.14. The summed E-state index contributed by atoms with van der Waals surface area (Å²) in [4.78, 5) is 14.4. The van der Waals surface area contributed by atoms with E-state index in [-0.39, 0.29) is 5.91 Å². The first-order valence-electron chi connectivity index (χ1n) is 6.90. The average Bonchev–Trinajstić information content (AvgIpc) is 2.74. The predicted molar refractivity (Wildman–Crippen MR) is 84.3 cm³/mol. The SMILES string of the molecule is COc1ccc(C(Cl)C(=O)N2CCCCCC2)cc1Br. The zero-order valence-corrected chi connectivity index (χ0v) is 13.9. The highest BCUT2D eigenvalue weighted by Gasteiger charge is 2.25. The normalized spacial score (nSPS) is 17.4. The van der Waals surface area contributed by atoms with Gasteiger partial charge in [-0.2, -0.15) is 0 Å². The molecule has 1 aromatic carbocycles. The fourth-order valence-electron chi connectivity index (χ4n) is 2.43. The van der Waals surface area contributed by atoms with Crippen molar-refractivity contribution in [1.82, 2.24) is 4.90 Å². The van der Waals surface area contributed by atoms with E-state index in [4.69, 9.17) is 16.3 Å². The van der Waals surface area contributed by atoms with Gasteiger partial charge in [0.05, 0.1) is 11.6 Å². The van der Waals surface area contributed by atoms with Gasteiger partial charge in [0.1, 0.15) is 11.1 Å². The van der Waals surface area contributed by atoms with Crippen LogP contribution in [0.2, 0.25) is 0 Å². The highest BCUT2D eigenvalue weighted by atomic mass is 79.9. The number of nitrogens with zero attached hydrogens (tertiary/aromatic N) is 1. The van der Waals surface area contributed by atoms with Crippen LogP contribution in [0.3, 0.4) is 0 Å². The number of hydrogen-bond donors (Lipinski definition) is 0. The fourth-order valence-corrected chi connectivity index (χ4v) is 3.27. The van der Waals surface area contributed by atoms with Crippen LogP contribution in [0.15, 0.2) is 22.7 Å². The topological polar surface area (TPSA) is 29.5 Å². The molecule has 1 aromatic rings. The minimum atomic E-state index is -0.629. The maximum absolute atomic E-state index is 12.5. The zero-order valence-electron chi connectivity index (χ0n) is 11.6. The van der Waals surface area contributed by atoms with E-state index in [9.17, 15) is 4.79 Å². The highest BCUT2D eigenvalue weighted by molar-refractivity contribution is 9.10. The van der Waals surface area contributed by atoms with Crippen LogP contribution in [0.4, 0.5) is 0 Å². The second kappa shape index (κ2) is 7.32. The maximum atomic E-state index is 12.5. The molecule has 0 spiro atoms. The van der Waals surface area contributed by atoms with Crippen molar-refractivity contribution in [3.8, 4) is 5.75 Å². The summed E-state index contributed by atoms with van der Waals surface area (Å²) in [7, 11) is 1.61. The summed E-state index contributed by atoms with van der Waals surface area (Å²) < 4.78 is 6.00. The number of benzene rings is 1. The van der Waals surface area contributed by atoms with Crippen LogP contribution in [0, 0.1) is 0 Å². The third-order valence-electron chi connectivity index (χ3n) is 3.60. The number of halogens is 2. The summed E-state index contributed by atoms with van der Waals surface area (Å²) in [6, 6.07) is 5.52. The fraction of sp³-hybridized carbons (Fsp3) is 0.533. The zero-order chi connectivity index (χ0) is 14.5. The summed E-state index contributed by atoms with van der Waals surface area (Å²) in [6.07, 6.45) is 4.54. The third-order valence-corrected chi connectivity index (χ3v) is 4.66. The molecule has 0 bridgehead atoms. The number of amides is 1. The van der Waals surface area contributed by atoms with E-state index in [2.05, 4.69) is 15.9 Å². The van der Waals surface area contributed by atoms with Gasteiger partial charge >= 0.3 is 0 Å². The van der Waals surface area contributed by atoms with E-state index in [0.717, 1.165) is 41.7 Å². The molecule has 0 radical (unpaired) electrons. The lowest BCUT2D eigenvalue weighted by Gasteiger charge is -2.23. The first-order valence-corrected chi connectivity index (χ1v) is 8.12. The summed E-state index contributed by atoms with van der Waals surface area (Å²) in [5, 5.41) is -0.629. The summed E-state index contributed by atoms with van der Waals surface area (Å²) in [6.45, 7) is 1.64. The molecule has 1 atom stereocenters. The number of ether oxygens (including phenoxy) is 1. The monoisotopic (exact) mass is 359 g/mol. The van der Waals surface area contributed by atoms with Crippen molar-refractivity contribution >= 4 is 33.4 Å². The first kappa shape index (κ1) is 15.6. The Morgan fingerprint density at radius 2 is 1.95 bits per heavy atom. The van der Waals surface area contributed by atoms with E-state index < -0.39 is 5.38 Å². The summed E-state index contributed by atoms with van der Waals surface area (Å²) >= 11 is 9.78. The smallest absolute Gasteiger partial charge is 0.245 e. The van der Waals surface area contributed by atoms with E-state index in [0.29, 0.717) is 0 Å². The molecular weight excluding hydrogens is 342 g/mol. The van der Waals surface area contributed by atoms with E-state index in [1.54, 1.807) is 7.11 Å². The van der Waals surface area contributed by atoms with E-state index in [1.807, 2.05) is 23.1 Å². The van der Waals surface area contributed by atoms with Crippen molar-refractivity contribution in [3.05, 3.63) is 28.2 Å². The molecule has 5 heteroatoms. The molecule has 1 heterocycles. The van der Waals surface area contributed by atoms with Gasteiger partial charge in [0.25, 0.3) is 0 Å². The Labute approximate surface area is 133 Å². The van der Waals surface area contributed by atoms with Gasteiger partial charge in [-0.05, 0) is 46.5 Å². The summed E-state index contributed by atoms with van der Waals surface area (Å²) in [5.74, 6) is 0.741. The molecule has 0 aromatic heterocycles. The van der Waals surface area contributed by atoms with Gasteiger partial charge in [-0.3, -0.25) is 4.79 Å². The van der Waals surface area contributed by atoms with Gasteiger partial charge in [-0.15, -0.1) is 11.6 Å². The molecule has 110 valence electrons. The Morgan fingerprint density at radius 3 is 2.50 bits per heavy atom. The largest absolute Gasteiger partial charge is 0.496 e. The number of carbonyl (C=O) groups excluding carboxylic acids is 1. The van der Waals surface area contributed by atoms with Gasteiger partial charge in [0.2, 0.25) is 5.91 Å². The minimum Gasteiger partial charge on any atom is -0.496 e. The second-order valence-electron chi connectivity index (χ2n) is 5.00. The number of methoxy groups -OCH3 is 1. The molecule has 0 saturated carbocycles. The molecule has 1 aliphatic rings. The molecule has 1 saturated heterocycles. The van der Waals surface area contributed by atoms with Crippen molar-refractivity contribution < 1.29 is 9.53 Å². The van der Waals surface area contributed by atoms with Gasteiger partial charge in [0, 0.05) is 13.1 Å². The quantitative estimate of drug-likeness (QED) is 0.758. The van der Waals surface area contributed by atoms with E-state index in [1.165, 1.54) is 12.8 Å². The number of rotatable bonds is 3. The van der Waals surface area contributed by atoms with Crippen LogP contribution < -0.4 is 4.74 Å². The van der Waals surface area contributed by atoms with Gasteiger partial charge in [0.15, 0.2) is 0 Å². The Bertz CT molecular complexity index is 473. The van der Waals surface area contributed by atoms with Crippen molar-refractivity contribution in [1.29, 1.82) is 0 Å². The first-order chi connectivity index (χ1) is 9.63. The molecule has 1 aliphatic heterocycles. The second-order valence-corrected chi connectivity index (χ2v) is 6.29. The Hall–Kier alpha value is -0.740. The van der Waals surface area contributed by atoms with Crippen LogP contribution in [-0.2, 0) is 4.79 Å². The maximum Gasteiger partial charge on any atom is 0.245 e. The standard InChI is InChI=1S/C15H19BrClNO2/c1-20-13-7-6-11(10-12(13)16)14(17)15(19)18-8-4-2-3-5-9-18/h6-7,10,14H,2-5,8-9H2,1H3. The molecule has 20 heavy (non-hydrogen) atoms. The average molecular weight is 361 g/mol. The molecule has 0 N–H and O–H groups in total. The van der Waals surface area contributed by atoms with Crippen molar-refractivity contribution in [2.75, 3.05) is 20.2 Å². The highest BCUT2D eigenvalue weighted by Crippen LogP contribution is 2.31. The number of likely N-dealkylation sites (tertiary alicyclic amines) is 1. The molecule has 0 aliphatic carbocycles. The molecule has 3 nitrogen and oxygen atoms in total. The Kier molecular flexibility index (Phi) is 5.73. The van der Waals surface area contributed by atoms with E-state index >= 15 is 0 Å². The Balaban J connectivity index is 2.11. The minimum absolute atomic E-state index is 0.00522. The molecule has 2 rings (SSSR count). The number of carbonyl (C=O) groups is 1. The van der Waals surface area contributed by atoms with Crippen LogP contribution in [0.5, 0.6) is 5.75 Å². The van der Waals surface area contributed by atoms with Crippen LogP contribution >= 0.6 is 27.5 Å². The van der Waals surface area contributed by atoms with Gasteiger partial charge < -0.3 is 9.64 Å². The van der Waals surface area contributed by atoms with Crippen molar-refractivity contribution in [2.45, 2.75) is 31.1 Å². The van der Waals surface area contributed by atoms with Crippen LogP contribution in [0.1, 0.15) is 36.6 Å². The molecular formula is C15H19BrClNO2. The molecule has 1 unspecified atom stereocenters. The van der Waals surface area contributed by atoms with Crippen LogP contribution in [-0.4, -0.2) is 31.0 Å². The summed E-state index contributed by atoms with van der Waals surface area (Å²) in [5.41, 5.74) is 0.800. The van der Waals surface area contributed by atoms with Gasteiger partial charge in [-0.1, -0.05) is 18.9 Å². The van der Waals surface area contributed by atoms with Crippen molar-refractivity contribution in [2.24, 2.45) is 0 Å². The number of alkyl halides is 1. The lowest BCUT2D eigenvalue weighted by molar-refractivity contribution is -0.130.